The van der Waals surface area contributed by atoms with Crippen molar-refractivity contribution in [3.8, 4) is 0 Å². The van der Waals surface area contributed by atoms with E-state index in [9.17, 15) is 0 Å². The molecule has 0 aliphatic rings. The molecule has 0 saturated carbocycles. The first kappa shape index (κ1) is 12.3. The van der Waals surface area contributed by atoms with Crippen LogP contribution >= 0.6 is 11.3 Å². The van der Waals surface area contributed by atoms with Gasteiger partial charge in [-0.3, -0.25) is 0 Å². The van der Waals surface area contributed by atoms with Crippen LogP contribution in [0.4, 0.5) is 0 Å². The molecule has 2 heteroatoms. The maximum Gasteiger partial charge on any atom is -0.00425 e. The number of nitrogens with two attached hydrogens (primary N) is 1. The van der Waals surface area contributed by atoms with Crippen LogP contribution in [-0.2, 0) is 12.8 Å². The lowest BCUT2D eigenvalue weighted by molar-refractivity contribution is 0.534. The lowest BCUT2D eigenvalue weighted by atomic mass is 9.93. The van der Waals surface area contributed by atoms with Gasteiger partial charge >= 0.3 is 0 Å². The number of aryl methyl sites for hydroxylation is 1. The molecule has 0 spiro atoms. The molecule has 0 aliphatic heterocycles. The zero-order valence-electron chi connectivity index (χ0n) is 10.2. The van der Waals surface area contributed by atoms with Crippen LogP contribution < -0.4 is 5.73 Å². The molecule has 1 heterocycles. The Morgan fingerprint density at radius 2 is 2.00 bits per heavy atom. The van der Waals surface area contributed by atoms with Gasteiger partial charge in [0.2, 0.25) is 0 Å². The van der Waals surface area contributed by atoms with Gasteiger partial charge in [-0.15, -0.1) is 0 Å². The number of rotatable bonds is 5. The Hall–Kier alpha value is -1.12. The van der Waals surface area contributed by atoms with Crippen molar-refractivity contribution in [2.45, 2.75) is 19.8 Å². The third kappa shape index (κ3) is 3.69. The van der Waals surface area contributed by atoms with Crippen LogP contribution in [0, 0.1) is 12.8 Å². The van der Waals surface area contributed by atoms with Gasteiger partial charge < -0.3 is 5.73 Å². The van der Waals surface area contributed by atoms with E-state index in [2.05, 4.69) is 48.0 Å². The van der Waals surface area contributed by atoms with E-state index in [1.54, 1.807) is 11.3 Å². The molecule has 2 aromatic rings. The highest BCUT2D eigenvalue weighted by Gasteiger charge is 2.09. The lowest BCUT2D eigenvalue weighted by Crippen LogP contribution is -2.19. The molecule has 0 bridgehead atoms. The van der Waals surface area contributed by atoms with Gasteiger partial charge in [0.05, 0.1) is 0 Å². The Morgan fingerprint density at radius 3 is 2.65 bits per heavy atom. The maximum atomic E-state index is 5.88. The van der Waals surface area contributed by atoms with Crippen LogP contribution in [0.3, 0.4) is 0 Å². The fraction of sp³-hybridized carbons (Fsp3) is 0.333. The predicted molar refractivity (Wildman–Crippen MR) is 75.5 cm³/mol. The van der Waals surface area contributed by atoms with Crippen LogP contribution in [0.15, 0.2) is 41.1 Å². The molecule has 1 aromatic heterocycles. The first-order valence-electron chi connectivity index (χ1n) is 6.04. The molecule has 90 valence electrons. The van der Waals surface area contributed by atoms with Gasteiger partial charge in [0, 0.05) is 0 Å². The van der Waals surface area contributed by atoms with Gasteiger partial charge in [-0.2, -0.15) is 11.3 Å². The second-order valence-corrected chi connectivity index (χ2v) is 5.41. The molecule has 0 radical (unpaired) electrons. The van der Waals surface area contributed by atoms with Crippen LogP contribution in [0.2, 0.25) is 0 Å². The number of benzene rings is 1. The summed E-state index contributed by atoms with van der Waals surface area (Å²) in [5, 5.41) is 4.36. The molecule has 1 atom stereocenters. The average Bonchev–Trinajstić information content (AvgIpc) is 2.81. The zero-order chi connectivity index (χ0) is 12.1. The molecule has 0 aliphatic carbocycles. The Labute approximate surface area is 107 Å². The molecule has 0 saturated heterocycles. The van der Waals surface area contributed by atoms with Crippen molar-refractivity contribution >= 4 is 11.3 Å². The monoisotopic (exact) mass is 245 g/mol. The molecule has 17 heavy (non-hydrogen) atoms. The molecule has 2 rings (SSSR count). The zero-order valence-corrected chi connectivity index (χ0v) is 11.0. The Balaban J connectivity index is 2.00. The third-order valence-corrected chi connectivity index (χ3v) is 3.78. The van der Waals surface area contributed by atoms with Crippen LogP contribution in [0.1, 0.15) is 16.7 Å². The minimum Gasteiger partial charge on any atom is -0.330 e. The van der Waals surface area contributed by atoms with Crippen molar-refractivity contribution in [3.63, 3.8) is 0 Å². The second-order valence-electron chi connectivity index (χ2n) is 4.63. The van der Waals surface area contributed by atoms with Crippen molar-refractivity contribution in [3.05, 3.63) is 57.8 Å². The summed E-state index contributed by atoms with van der Waals surface area (Å²) in [5.74, 6) is 0.548. The van der Waals surface area contributed by atoms with Gasteiger partial charge in [0.15, 0.2) is 0 Å². The summed E-state index contributed by atoms with van der Waals surface area (Å²) in [6, 6.07) is 10.9. The Morgan fingerprint density at radius 1 is 1.18 bits per heavy atom. The predicted octanol–water partition coefficient (Wildman–Crippen LogP) is 3.42. The Kier molecular flexibility index (Phi) is 4.35. The summed E-state index contributed by atoms with van der Waals surface area (Å²) in [4.78, 5) is 0. The van der Waals surface area contributed by atoms with Crippen LogP contribution in [-0.4, -0.2) is 6.54 Å². The summed E-state index contributed by atoms with van der Waals surface area (Å²) in [6.07, 6.45) is 2.17. The number of hydrogen-bond acceptors (Lipinski definition) is 2. The minimum atomic E-state index is 0.548. The highest BCUT2D eigenvalue weighted by atomic mass is 32.1. The molecule has 1 aromatic carbocycles. The van der Waals surface area contributed by atoms with E-state index >= 15 is 0 Å². The van der Waals surface area contributed by atoms with Crippen molar-refractivity contribution in [1.82, 2.24) is 0 Å². The van der Waals surface area contributed by atoms with E-state index in [0.29, 0.717) is 5.92 Å². The lowest BCUT2D eigenvalue weighted by Gasteiger charge is -2.14. The molecular formula is C15H19NS. The third-order valence-electron chi connectivity index (χ3n) is 3.04. The van der Waals surface area contributed by atoms with Gasteiger partial charge in [-0.1, -0.05) is 29.8 Å². The highest BCUT2D eigenvalue weighted by Crippen LogP contribution is 2.16. The average molecular weight is 245 g/mol. The quantitative estimate of drug-likeness (QED) is 0.858. The molecule has 1 unspecified atom stereocenters. The molecule has 2 N–H and O–H groups in total. The molecule has 0 amide bonds. The molecule has 1 nitrogen and oxygen atoms in total. The summed E-state index contributed by atoms with van der Waals surface area (Å²) in [7, 11) is 0. The van der Waals surface area contributed by atoms with Crippen molar-refractivity contribution in [2.24, 2.45) is 11.7 Å². The largest absolute Gasteiger partial charge is 0.330 e. The van der Waals surface area contributed by atoms with Crippen molar-refractivity contribution in [1.29, 1.82) is 0 Å². The van der Waals surface area contributed by atoms with Crippen LogP contribution in [0.25, 0.3) is 0 Å². The van der Waals surface area contributed by atoms with E-state index in [0.717, 1.165) is 19.4 Å². The fourth-order valence-corrected chi connectivity index (χ4v) is 2.83. The molecular weight excluding hydrogens is 226 g/mol. The first-order valence-corrected chi connectivity index (χ1v) is 6.99. The standard InChI is InChI=1S/C15H19NS/c1-12-3-2-4-13(7-12)8-15(10-16)9-14-5-6-17-11-14/h2-7,11,15H,8-10,16H2,1H3. The van der Waals surface area contributed by atoms with Gasteiger partial charge in [0.1, 0.15) is 0 Å². The van der Waals surface area contributed by atoms with E-state index < -0.39 is 0 Å². The van der Waals surface area contributed by atoms with Crippen molar-refractivity contribution in [2.75, 3.05) is 6.54 Å². The van der Waals surface area contributed by atoms with Gasteiger partial charge in [-0.25, -0.2) is 0 Å². The summed E-state index contributed by atoms with van der Waals surface area (Å²) in [5.41, 5.74) is 10.0. The van der Waals surface area contributed by atoms with Gasteiger partial charge in [0.25, 0.3) is 0 Å². The van der Waals surface area contributed by atoms with Crippen LogP contribution in [0.5, 0.6) is 0 Å². The maximum absolute atomic E-state index is 5.88. The Bertz CT molecular complexity index is 448. The van der Waals surface area contributed by atoms with E-state index in [-0.39, 0.29) is 0 Å². The topological polar surface area (TPSA) is 26.0 Å². The summed E-state index contributed by atoms with van der Waals surface area (Å²) < 4.78 is 0. The van der Waals surface area contributed by atoms with Gasteiger partial charge in [-0.05, 0) is 60.2 Å². The van der Waals surface area contributed by atoms with Crippen molar-refractivity contribution < 1.29 is 0 Å². The smallest absolute Gasteiger partial charge is 0.00425 e. The van der Waals surface area contributed by atoms with E-state index in [1.807, 2.05) is 0 Å². The first-order chi connectivity index (χ1) is 8.28. The number of thiophene rings is 1. The summed E-state index contributed by atoms with van der Waals surface area (Å²) >= 11 is 1.76. The minimum absolute atomic E-state index is 0.548. The SMILES string of the molecule is Cc1cccc(CC(CN)Cc2ccsc2)c1. The number of hydrogen-bond donors (Lipinski definition) is 1. The molecule has 0 fully saturated rings. The van der Waals surface area contributed by atoms with E-state index in [4.69, 9.17) is 5.73 Å². The summed E-state index contributed by atoms with van der Waals surface area (Å²) in [6.45, 7) is 2.89. The fourth-order valence-electron chi connectivity index (χ4n) is 2.15. The normalized spacial score (nSPS) is 12.6. The second kappa shape index (κ2) is 5.99. The highest BCUT2D eigenvalue weighted by molar-refractivity contribution is 7.07. The van der Waals surface area contributed by atoms with E-state index in [1.165, 1.54) is 16.7 Å².